The van der Waals surface area contributed by atoms with Crippen LogP contribution in [-0.2, 0) is 13.0 Å². The Balaban J connectivity index is 2.44. The number of aryl methyl sites for hydroxylation is 1. The molecule has 1 heterocycles. The lowest BCUT2D eigenvalue weighted by Gasteiger charge is -2.15. The first-order valence-corrected chi connectivity index (χ1v) is 6.83. The maximum atomic E-state index is 6.15. The van der Waals surface area contributed by atoms with E-state index >= 15 is 0 Å². The van der Waals surface area contributed by atoms with Gasteiger partial charge in [-0.3, -0.25) is 4.68 Å². The van der Waals surface area contributed by atoms with E-state index in [9.17, 15) is 0 Å². The molecule has 1 aromatic rings. The Labute approximate surface area is 110 Å². The van der Waals surface area contributed by atoms with E-state index < -0.39 is 0 Å². The summed E-state index contributed by atoms with van der Waals surface area (Å²) >= 11 is 6.15. The van der Waals surface area contributed by atoms with Gasteiger partial charge in [-0.25, -0.2) is 0 Å². The fourth-order valence-electron chi connectivity index (χ4n) is 1.88. The molecule has 0 aromatic carbocycles. The molecule has 98 valence electrons. The molecule has 0 saturated carbocycles. The Morgan fingerprint density at radius 2 is 2.06 bits per heavy atom. The molecule has 0 aliphatic rings. The third kappa shape index (κ3) is 4.68. The van der Waals surface area contributed by atoms with Crippen molar-refractivity contribution in [2.75, 3.05) is 13.1 Å². The van der Waals surface area contributed by atoms with Crippen molar-refractivity contribution < 1.29 is 0 Å². The Hall–Kier alpha value is -0.540. The standard InChI is InChI=1S/C13H24ClN3/c1-5-17-13(12(14)9-16-17)6-11(4)8-15-7-10(2)3/h9-11,15H,5-8H2,1-4H3. The summed E-state index contributed by atoms with van der Waals surface area (Å²) in [6, 6.07) is 0. The minimum absolute atomic E-state index is 0.577. The van der Waals surface area contributed by atoms with Crippen molar-refractivity contribution in [2.24, 2.45) is 11.8 Å². The summed E-state index contributed by atoms with van der Waals surface area (Å²) in [5, 5.41) is 8.54. The van der Waals surface area contributed by atoms with Crippen LogP contribution in [0.15, 0.2) is 6.20 Å². The molecule has 1 rings (SSSR count). The molecule has 3 nitrogen and oxygen atoms in total. The molecule has 0 amide bonds. The average molecular weight is 258 g/mol. The third-order valence-electron chi connectivity index (χ3n) is 2.78. The molecule has 0 radical (unpaired) electrons. The molecule has 0 fully saturated rings. The normalized spacial score (nSPS) is 13.3. The number of halogens is 1. The van der Waals surface area contributed by atoms with E-state index in [2.05, 4.69) is 38.1 Å². The molecule has 0 saturated heterocycles. The quantitative estimate of drug-likeness (QED) is 0.814. The Morgan fingerprint density at radius 3 is 2.65 bits per heavy atom. The zero-order chi connectivity index (χ0) is 12.8. The van der Waals surface area contributed by atoms with Gasteiger partial charge in [0.05, 0.1) is 16.9 Å². The van der Waals surface area contributed by atoms with Crippen molar-refractivity contribution in [3.05, 3.63) is 16.9 Å². The predicted octanol–water partition coefficient (Wildman–Crippen LogP) is 2.98. The highest BCUT2D eigenvalue weighted by molar-refractivity contribution is 6.31. The van der Waals surface area contributed by atoms with Gasteiger partial charge in [0.25, 0.3) is 0 Å². The molecule has 0 spiro atoms. The summed E-state index contributed by atoms with van der Waals surface area (Å²) in [6.07, 6.45) is 2.73. The van der Waals surface area contributed by atoms with Crippen LogP contribution >= 0.6 is 11.6 Å². The van der Waals surface area contributed by atoms with Gasteiger partial charge in [-0.05, 0) is 38.3 Å². The van der Waals surface area contributed by atoms with Crippen molar-refractivity contribution in [2.45, 2.75) is 40.7 Å². The van der Waals surface area contributed by atoms with E-state index in [0.717, 1.165) is 36.8 Å². The average Bonchev–Trinajstić information content (AvgIpc) is 2.59. The van der Waals surface area contributed by atoms with Gasteiger partial charge in [-0.2, -0.15) is 5.10 Å². The minimum Gasteiger partial charge on any atom is -0.316 e. The van der Waals surface area contributed by atoms with E-state index in [-0.39, 0.29) is 0 Å². The number of hydrogen-bond acceptors (Lipinski definition) is 2. The fraction of sp³-hybridized carbons (Fsp3) is 0.769. The van der Waals surface area contributed by atoms with E-state index in [1.165, 1.54) is 0 Å². The summed E-state index contributed by atoms with van der Waals surface area (Å²) in [6.45, 7) is 11.8. The van der Waals surface area contributed by atoms with Crippen molar-refractivity contribution >= 4 is 11.6 Å². The Bertz CT molecular complexity index is 333. The van der Waals surface area contributed by atoms with E-state index in [4.69, 9.17) is 11.6 Å². The van der Waals surface area contributed by atoms with Gasteiger partial charge in [-0.15, -0.1) is 0 Å². The number of rotatable bonds is 7. The van der Waals surface area contributed by atoms with Gasteiger partial charge < -0.3 is 5.32 Å². The smallest absolute Gasteiger partial charge is 0.0817 e. The molecule has 17 heavy (non-hydrogen) atoms. The first kappa shape index (κ1) is 14.5. The van der Waals surface area contributed by atoms with Crippen LogP contribution in [0.4, 0.5) is 0 Å². The highest BCUT2D eigenvalue weighted by Gasteiger charge is 2.12. The predicted molar refractivity (Wildman–Crippen MR) is 73.5 cm³/mol. The maximum absolute atomic E-state index is 6.15. The maximum Gasteiger partial charge on any atom is 0.0817 e. The lowest BCUT2D eigenvalue weighted by molar-refractivity contribution is 0.460. The number of nitrogens with one attached hydrogen (secondary N) is 1. The van der Waals surface area contributed by atoms with Gasteiger partial charge >= 0.3 is 0 Å². The number of aromatic nitrogens is 2. The van der Waals surface area contributed by atoms with Crippen molar-refractivity contribution in [3.63, 3.8) is 0 Å². The van der Waals surface area contributed by atoms with Crippen molar-refractivity contribution in [3.8, 4) is 0 Å². The van der Waals surface area contributed by atoms with E-state index in [1.54, 1.807) is 6.20 Å². The van der Waals surface area contributed by atoms with Crippen LogP contribution in [0.5, 0.6) is 0 Å². The summed E-state index contributed by atoms with van der Waals surface area (Å²) in [4.78, 5) is 0. The van der Waals surface area contributed by atoms with Crippen molar-refractivity contribution in [1.29, 1.82) is 0 Å². The monoisotopic (exact) mass is 257 g/mol. The summed E-state index contributed by atoms with van der Waals surface area (Å²) in [5.74, 6) is 1.28. The topological polar surface area (TPSA) is 29.9 Å². The third-order valence-corrected chi connectivity index (χ3v) is 3.10. The van der Waals surface area contributed by atoms with Crippen LogP contribution < -0.4 is 5.32 Å². The molecule has 1 unspecified atom stereocenters. The van der Waals surface area contributed by atoms with Crippen LogP contribution in [0, 0.1) is 11.8 Å². The second kappa shape index (κ2) is 7.02. The number of nitrogens with zero attached hydrogens (tertiary/aromatic N) is 2. The van der Waals surface area contributed by atoms with Gasteiger partial charge in [-0.1, -0.05) is 32.4 Å². The molecule has 0 aliphatic carbocycles. The van der Waals surface area contributed by atoms with Crippen LogP contribution in [0.1, 0.15) is 33.4 Å². The second-order valence-corrected chi connectivity index (χ2v) is 5.52. The first-order valence-electron chi connectivity index (χ1n) is 6.45. The zero-order valence-electron chi connectivity index (χ0n) is 11.3. The molecule has 4 heteroatoms. The molecule has 1 atom stereocenters. The number of hydrogen-bond donors (Lipinski definition) is 1. The van der Waals surface area contributed by atoms with Crippen LogP contribution in [-0.4, -0.2) is 22.9 Å². The SMILES string of the molecule is CCn1ncc(Cl)c1CC(C)CNCC(C)C. The minimum atomic E-state index is 0.577. The summed E-state index contributed by atoms with van der Waals surface area (Å²) in [7, 11) is 0. The van der Waals surface area contributed by atoms with Gasteiger partial charge in [0, 0.05) is 6.54 Å². The fourth-order valence-corrected chi connectivity index (χ4v) is 2.10. The van der Waals surface area contributed by atoms with Gasteiger partial charge in [0.2, 0.25) is 0 Å². The zero-order valence-corrected chi connectivity index (χ0v) is 12.1. The lowest BCUT2D eigenvalue weighted by atomic mass is 10.1. The lowest BCUT2D eigenvalue weighted by Crippen LogP contribution is -2.26. The first-order chi connectivity index (χ1) is 8.04. The summed E-state index contributed by atoms with van der Waals surface area (Å²) < 4.78 is 1.99. The molecule has 1 N–H and O–H groups in total. The van der Waals surface area contributed by atoms with Crippen LogP contribution in [0.3, 0.4) is 0 Å². The van der Waals surface area contributed by atoms with E-state index in [0.29, 0.717) is 11.8 Å². The Morgan fingerprint density at radius 1 is 1.35 bits per heavy atom. The molecular weight excluding hydrogens is 234 g/mol. The van der Waals surface area contributed by atoms with Gasteiger partial charge in [0.15, 0.2) is 0 Å². The summed E-state index contributed by atoms with van der Waals surface area (Å²) in [5.41, 5.74) is 1.16. The molecular formula is C13H24ClN3. The van der Waals surface area contributed by atoms with Crippen molar-refractivity contribution in [1.82, 2.24) is 15.1 Å². The van der Waals surface area contributed by atoms with E-state index in [1.807, 2.05) is 4.68 Å². The molecule has 0 aliphatic heterocycles. The highest BCUT2D eigenvalue weighted by atomic mass is 35.5. The van der Waals surface area contributed by atoms with Crippen LogP contribution in [0.2, 0.25) is 5.02 Å². The highest BCUT2D eigenvalue weighted by Crippen LogP contribution is 2.18. The van der Waals surface area contributed by atoms with Crippen LogP contribution in [0.25, 0.3) is 0 Å². The Kier molecular flexibility index (Phi) is 6.00. The molecule has 0 bridgehead atoms. The van der Waals surface area contributed by atoms with Gasteiger partial charge in [0.1, 0.15) is 0 Å². The largest absolute Gasteiger partial charge is 0.316 e. The molecule has 1 aromatic heterocycles. The second-order valence-electron chi connectivity index (χ2n) is 5.12.